The molecule has 1 unspecified atom stereocenters. The third-order valence-electron chi connectivity index (χ3n) is 1.90. The van der Waals surface area contributed by atoms with Crippen molar-refractivity contribution in [3.63, 3.8) is 0 Å². The van der Waals surface area contributed by atoms with Crippen molar-refractivity contribution < 1.29 is 4.79 Å². The smallest absolute Gasteiger partial charge is 0.181 e. The number of rotatable bonds is 3. The largest absolute Gasteiger partial charge is 0.367 e. The summed E-state index contributed by atoms with van der Waals surface area (Å²) in [6.45, 7) is 3.88. The molecule has 3 nitrogen and oxygen atoms in total. The summed E-state index contributed by atoms with van der Waals surface area (Å²) in [4.78, 5) is 14.3. The minimum Gasteiger partial charge on any atom is -0.367 e. The number of nitrogens with two attached hydrogens (primary N) is 1. The lowest BCUT2D eigenvalue weighted by molar-refractivity contribution is 0.0941. The molecule has 1 aromatic heterocycles. The van der Waals surface area contributed by atoms with E-state index in [4.69, 9.17) is 5.73 Å². The van der Waals surface area contributed by atoms with Crippen molar-refractivity contribution in [1.82, 2.24) is 4.98 Å². The van der Waals surface area contributed by atoms with Gasteiger partial charge < -0.3 is 10.7 Å². The summed E-state index contributed by atoms with van der Waals surface area (Å²) in [5.41, 5.74) is 6.35. The van der Waals surface area contributed by atoms with Crippen molar-refractivity contribution in [3.05, 3.63) is 24.0 Å². The highest BCUT2D eigenvalue weighted by molar-refractivity contribution is 5.99. The third kappa shape index (κ3) is 1.74. The van der Waals surface area contributed by atoms with Crippen LogP contribution in [0.2, 0.25) is 0 Å². The molecule has 0 radical (unpaired) electrons. The lowest BCUT2D eigenvalue weighted by atomic mass is 9.98. The first-order valence-corrected chi connectivity index (χ1v) is 4.05. The van der Waals surface area contributed by atoms with Crippen molar-refractivity contribution in [2.75, 3.05) is 0 Å². The number of ketones is 1. The highest BCUT2D eigenvalue weighted by atomic mass is 16.1. The molecule has 66 valence electrons. The molecule has 0 fully saturated rings. The monoisotopic (exact) mass is 166 g/mol. The van der Waals surface area contributed by atoms with Gasteiger partial charge in [0.2, 0.25) is 0 Å². The summed E-state index contributed by atoms with van der Waals surface area (Å²) in [6.07, 6.45) is 3.39. The van der Waals surface area contributed by atoms with E-state index in [1.807, 2.05) is 13.8 Å². The van der Waals surface area contributed by atoms with Crippen LogP contribution in [0.5, 0.6) is 0 Å². The second-order valence-electron chi connectivity index (χ2n) is 3.23. The zero-order chi connectivity index (χ0) is 9.14. The molecule has 0 saturated heterocycles. The van der Waals surface area contributed by atoms with E-state index in [-0.39, 0.29) is 17.7 Å². The molecule has 12 heavy (non-hydrogen) atoms. The number of carbonyl (C=O) groups is 1. The molecule has 0 bridgehead atoms. The maximum absolute atomic E-state index is 11.5. The van der Waals surface area contributed by atoms with Gasteiger partial charge in [0.25, 0.3) is 0 Å². The average molecular weight is 166 g/mol. The number of hydrogen-bond acceptors (Lipinski definition) is 2. The van der Waals surface area contributed by atoms with Crippen LogP contribution < -0.4 is 5.73 Å². The summed E-state index contributed by atoms with van der Waals surface area (Å²) in [5, 5.41) is 0. The van der Waals surface area contributed by atoms with E-state index in [1.54, 1.807) is 18.5 Å². The SMILES string of the molecule is CC(C)C(N)C(=O)c1cc[nH]c1. The quantitative estimate of drug-likeness (QED) is 0.662. The van der Waals surface area contributed by atoms with Crippen molar-refractivity contribution in [2.24, 2.45) is 11.7 Å². The molecule has 3 N–H and O–H groups in total. The summed E-state index contributed by atoms with van der Waals surface area (Å²) >= 11 is 0. The highest BCUT2D eigenvalue weighted by Gasteiger charge is 2.18. The highest BCUT2D eigenvalue weighted by Crippen LogP contribution is 2.07. The molecule has 0 aromatic carbocycles. The molecule has 0 spiro atoms. The van der Waals surface area contributed by atoms with Crippen LogP contribution in [-0.4, -0.2) is 16.8 Å². The van der Waals surface area contributed by atoms with E-state index in [2.05, 4.69) is 4.98 Å². The molecule has 0 saturated carbocycles. The molecule has 1 heterocycles. The van der Waals surface area contributed by atoms with Crippen molar-refractivity contribution in [3.8, 4) is 0 Å². The molecular formula is C9H14N2O. The lowest BCUT2D eigenvalue weighted by Crippen LogP contribution is -2.35. The fourth-order valence-corrected chi connectivity index (χ4v) is 0.972. The van der Waals surface area contributed by atoms with E-state index >= 15 is 0 Å². The van der Waals surface area contributed by atoms with Gasteiger partial charge in [-0.05, 0) is 12.0 Å². The van der Waals surface area contributed by atoms with Crippen molar-refractivity contribution in [1.29, 1.82) is 0 Å². The van der Waals surface area contributed by atoms with Gasteiger partial charge in [0, 0.05) is 18.0 Å². The Morgan fingerprint density at radius 3 is 2.67 bits per heavy atom. The van der Waals surface area contributed by atoms with Crippen LogP contribution in [0.1, 0.15) is 24.2 Å². The van der Waals surface area contributed by atoms with Crippen LogP contribution in [-0.2, 0) is 0 Å². The van der Waals surface area contributed by atoms with E-state index in [0.29, 0.717) is 5.56 Å². The standard InChI is InChI=1S/C9H14N2O/c1-6(2)8(10)9(12)7-3-4-11-5-7/h3-6,8,11H,10H2,1-2H3. The number of nitrogens with one attached hydrogen (secondary N) is 1. The molecule has 3 heteroatoms. The Labute approximate surface area is 72.0 Å². The molecule has 0 aliphatic carbocycles. The van der Waals surface area contributed by atoms with Gasteiger partial charge in [0.1, 0.15) is 0 Å². The second kappa shape index (κ2) is 3.54. The van der Waals surface area contributed by atoms with Gasteiger partial charge >= 0.3 is 0 Å². The fraction of sp³-hybridized carbons (Fsp3) is 0.444. The predicted octanol–water partition coefficient (Wildman–Crippen LogP) is 1.18. The molecule has 1 aromatic rings. The first kappa shape index (κ1) is 9.00. The minimum absolute atomic E-state index is 0.00579. The van der Waals surface area contributed by atoms with Crippen LogP contribution >= 0.6 is 0 Å². The Morgan fingerprint density at radius 2 is 2.25 bits per heavy atom. The number of aromatic nitrogens is 1. The molecule has 1 atom stereocenters. The summed E-state index contributed by atoms with van der Waals surface area (Å²) in [7, 11) is 0. The molecule has 0 aliphatic heterocycles. The van der Waals surface area contributed by atoms with Crippen LogP contribution in [0.15, 0.2) is 18.5 Å². The number of Topliss-reactive ketones (excluding diaryl/α,β-unsaturated/α-hetero) is 1. The van der Waals surface area contributed by atoms with Crippen LogP contribution in [0.3, 0.4) is 0 Å². The van der Waals surface area contributed by atoms with Gasteiger partial charge in [-0.3, -0.25) is 4.79 Å². The lowest BCUT2D eigenvalue weighted by Gasteiger charge is -2.12. The van der Waals surface area contributed by atoms with Crippen LogP contribution in [0, 0.1) is 5.92 Å². The number of aromatic amines is 1. The van der Waals surface area contributed by atoms with Gasteiger partial charge in [-0.25, -0.2) is 0 Å². The molecule has 0 amide bonds. The zero-order valence-electron chi connectivity index (χ0n) is 7.37. The zero-order valence-corrected chi connectivity index (χ0v) is 7.37. The Morgan fingerprint density at radius 1 is 1.58 bits per heavy atom. The van der Waals surface area contributed by atoms with Crippen molar-refractivity contribution >= 4 is 5.78 Å². The third-order valence-corrected chi connectivity index (χ3v) is 1.90. The Bertz CT molecular complexity index is 252. The normalized spacial score (nSPS) is 13.3. The minimum atomic E-state index is -0.388. The van der Waals surface area contributed by atoms with E-state index in [1.165, 1.54) is 0 Å². The Balaban J connectivity index is 2.72. The fourth-order valence-electron chi connectivity index (χ4n) is 0.972. The van der Waals surface area contributed by atoms with Crippen molar-refractivity contribution in [2.45, 2.75) is 19.9 Å². The van der Waals surface area contributed by atoms with Gasteiger partial charge in [-0.1, -0.05) is 13.8 Å². The maximum Gasteiger partial charge on any atom is 0.181 e. The predicted molar refractivity (Wildman–Crippen MR) is 47.9 cm³/mol. The van der Waals surface area contributed by atoms with E-state index in [9.17, 15) is 4.79 Å². The maximum atomic E-state index is 11.5. The van der Waals surface area contributed by atoms with E-state index in [0.717, 1.165) is 0 Å². The Kier molecular flexibility index (Phi) is 2.65. The van der Waals surface area contributed by atoms with Crippen LogP contribution in [0.25, 0.3) is 0 Å². The summed E-state index contributed by atoms with van der Waals surface area (Å²) in [5.74, 6) is 0.193. The molecule has 1 rings (SSSR count). The number of hydrogen-bond donors (Lipinski definition) is 2. The van der Waals surface area contributed by atoms with Crippen LogP contribution in [0.4, 0.5) is 0 Å². The summed E-state index contributed by atoms with van der Waals surface area (Å²) in [6, 6.07) is 1.35. The number of carbonyl (C=O) groups excluding carboxylic acids is 1. The first-order valence-electron chi connectivity index (χ1n) is 4.05. The summed E-state index contributed by atoms with van der Waals surface area (Å²) < 4.78 is 0. The van der Waals surface area contributed by atoms with Gasteiger partial charge in [0.05, 0.1) is 6.04 Å². The van der Waals surface area contributed by atoms with Gasteiger partial charge in [0.15, 0.2) is 5.78 Å². The number of H-pyrrole nitrogens is 1. The van der Waals surface area contributed by atoms with E-state index < -0.39 is 0 Å². The topological polar surface area (TPSA) is 58.9 Å². The molecule has 0 aliphatic rings. The average Bonchev–Trinajstić information content (AvgIpc) is 2.53. The molecular weight excluding hydrogens is 152 g/mol. The van der Waals surface area contributed by atoms with Gasteiger partial charge in [-0.2, -0.15) is 0 Å². The van der Waals surface area contributed by atoms with Gasteiger partial charge in [-0.15, -0.1) is 0 Å². The Hall–Kier alpha value is -1.09. The second-order valence-corrected chi connectivity index (χ2v) is 3.23. The first-order chi connectivity index (χ1) is 5.63.